The van der Waals surface area contributed by atoms with Gasteiger partial charge in [0.15, 0.2) is 0 Å². The number of fused-ring (bicyclic) bond motifs is 6. The molecule has 1 heterocycles. The summed E-state index contributed by atoms with van der Waals surface area (Å²) in [4.78, 5) is 4.71. The van der Waals surface area contributed by atoms with Crippen molar-refractivity contribution < 1.29 is 0 Å². The summed E-state index contributed by atoms with van der Waals surface area (Å²) in [5, 5.41) is 2.45. The van der Waals surface area contributed by atoms with Crippen molar-refractivity contribution in [3.8, 4) is 16.8 Å². The number of nitrogens with zero attached hydrogens (tertiary/aromatic N) is 3. The Hall–Kier alpha value is -6.84. The Labute approximate surface area is 316 Å². The van der Waals surface area contributed by atoms with Gasteiger partial charge in [0.25, 0.3) is 0 Å². The van der Waals surface area contributed by atoms with Gasteiger partial charge in [-0.2, -0.15) is 0 Å². The first kappa shape index (κ1) is 31.9. The maximum atomic E-state index is 2.40. The molecule has 0 unspecified atom stereocenters. The minimum Gasteiger partial charge on any atom is -0.310 e. The zero-order valence-corrected chi connectivity index (χ0v) is 30.4. The van der Waals surface area contributed by atoms with Crippen molar-refractivity contribution in [3.05, 3.63) is 211 Å². The molecule has 1 aromatic heterocycles. The Bertz CT molecular complexity index is 2740. The van der Waals surface area contributed by atoms with Crippen LogP contribution in [0.1, 0.15) is 25.0 Å². The molecule has 0 saturated carbocycles. The van der Waals surface area contributed by atoms with E-state index in [0.29, 0.717) is 0 Å². The first-order valence-electron chi connectivity index (χ1n) is 18.7. The Morgan fingerprint density at radius 1 is 0.352 bits per heavy atom. The lowest BCUT2D eigenvalue weighted by Crippen LogP contribution is -2.16. The normalized spacial score (nSPS) is 12.8. The van der Waals surface area contributed by atoms with Gasteiger partial charge in [0.1, 0.15) is 0 Å². The molecule has 54 heavy (non-hydrogen) atoms. The van der Waals surface area contributed by atoms with E-state index in [1.165, 1.54) is 44.1 Å². The fourth-order valence-corrected chi connectivity index (χ4v) is 8.59. The third kappa shape index (κ3) is 5.12. The van der Waals surface area contributed by atoms with E-state index in [2.05, 4.69) is 228 Å². The molecule has 0 spiro atoms. The Morgan fingerprint density at radius 3 is 1.46 bits per heavy atom. The average molecular weight is 694 g/mol. The van der Waals surface area contributed by atoms with Crippen LogP contribution in [0.2, 0.25) is 0 Å². The summed E-state index contributed by atoms with van der Waals surface area (Å²) in [5.74, 6) is 0. The lowest BCUT2D eigenvalue weighted by atomic mass is 9.82. The molecule has 3 nitrogen and oxygen atoms in total. The molecule has 0 amide bonds. The molecule has 0 radical (unpaired) electrons. The number of rotatable bonds is 7. The molecule has 3 heteroatoms. The van der Waals surface area contributed by atoms with Crippen LogP contribution < -0.4 is 9.80 Å². The number of anilines is 6. The predicted molar refractivity (Wildman–Crippen MR) is 228 cm³/mol. The number of para-hydroxylation sites is 4. The van der Waals surface area contributed by atoms with Gasteiger partial charge in [-0.05, 0) is 119 Å². The zero-order chi connectivity index (χ0) is 36.2. The third-order valence-electron chi connectivity index (χ3n) is 11.1. The second kappa shape index (κ2) is 12.7. The fourth-order valence-electron chi connectivity index (χ4n) is 8.59. The molecular formula is C51H39N3. The van der Waals surface area contributed by atoms with Gasteiger partial charge in [0, 0.05) is 56.0 Å². The molecule has 258 valence electrons. The van der Waals surface area contributed by atoms with Crippen LogP contribution >= 0.6 is 0 Å². The lowest BCUT2D eigenvalue weighted by Gasteiger charge is -2.28. The molecule has 0 atom stereocenters. The standard InChI is InChI=1S/C51H39N3/c1-51(2)47-24-14-12-22-43(47)44-32-30-42(35-48(44)51)53(38-20-10-5-11-21-38)39-26-28-40(29-27-39)54-49-25-15-13-23-45(49)46-34-41(31-33-50(46)54)52(36-16-6-3-7-17-36)37-18-8-4-9-19-37/h3-35H,1-2H3. The molecule has 10 rings (SSSR count). The van der Waals surface area contributed by atoms with Crippen molar-refractivity contribution in [1.29, 1.82) is 0 Å². The molecule has 8 aromatic carbocycles. The van der Waals surface area contributed by atoms with Gasteiger partial charge in [-0.25, -0.2) is 0 Å². The first-order valence-corrected chi connectivity index (χ1v) is 18.7. The number of hydrogen-bond acceptors (Lipinski definition) is 2. The highest BCUT2D eigenvalue weighted by Gasteiger charge is 2.35. The number of benzene rings is 8. The van der Waals surface area contributed by atoms with E-state index >= 15 is 0 Å². The SMILES string of the molecule is CC1(C)c2ccccc2-c2ccc(N(c3ccccc3)c3ccc(-n4c5ccccc5c5cc(N(c6ccccc6)c6ccccc6)ccc54)cc3)cc21. The molecule has 0 fully saturated rings. The van der Waals surface area contributed by atoms with Crippen molar-refractivity contribution in [2.24, 2.45) is 0 Å². The van der Waals surface area contributed by atoms with Crippen LogP contribution in [-0.2, 0) is 5.41 Å². The van der Waals surface area contributed by atoms with Gasteiger partial charge < -0.3 is 14.4 Å². The summed E-state index contributed by atoms with van der Waals surface area (Å²) in [6, 6.07) is 72.4. The molecular weight excluding hydrogens is 655 g/mol. The van der Waals surface area contributed by atoms with Crippen LogP contribution in [0, 0.1) is 0 Å². The van der Waals surface area contributed by atoms with Crippen LogP contribution in [0.3, 0.4) is 0 Å². The minimum atomic E-state index is -0.0796. The lowest BCUT2D eigenvalue weighted by molar-refractivity contribution is 0.660. The summed E-state index contributed by atoms with van der Waals surface area (Å²) >= 11 is 0. The van der Waals surface area contributed by atoms with Crippen LogP contribution in [0.15, 0.2) is 200 Å². The second-order valence-electron chi connectivity index (χ2n) is 14.6. The summed E-state index contributed by atoms with van der Waals surface area (Å²) < 4.78 is 2.40. The van der Waals surface area contributed by atoms with Crippen molar-refractivity contribution >= 4 is 55.9 Å². The van der Waals surface area contributed by atoms with Crippen molar-refractivity contribution in [2.45, 2.75) is 19.3 Å². The summed E-state index contributed by atoms with van der Waals surface area (Å²) in [5.41, 5.74) is 15.6. The summed E-state index contributed by atoms with van der Waals surface area (Å²) in [7, 11) is 0. The molecule has 1 aliphatic rings. The van der Waals surface area contributed by atoms with E-state index in [4.69, 9.17) is 0 Å². The molecule has 0 aliphatic heterocycles. The maximum Gasteiger partial charge on any atom is 0.0542 e. The van der Waals surface area contributed by atoms with E-state index in [-0.39, 0.29) is 5.41 Å². The molecule has 0 bridgehead atoms. The molecule has 9 aromatic rings. The monoisotopic (exact) mass is 693 g/mol. The van der Waals surface area contributed by atoms with E-state index < -0.39 is 0 Å². The van der Waals surface area contributed by atoms with E-state index in [0.717, 1.165) is 39.8 Å². The van der Waals surface area contributed by atoms with Gasteiger partial charge in [-0.15, -0.1) is 0 Å². The van der Waals surface area contributed by atoms with Crippen LogP contribution in [0.4, 0.5) is 34.1 Å². The minimum absolute atomic E-state index is 0.0796. The van der Waals surface area contributed by atoms with E-state index in [9.17, 15) is 0 Å². The van der Waals surface area contributed by atoms with Crippen LogP contribution in [0.5, 0.6) is 0 Å². The molecule has 0 saturated heterocycles. The topological polar surface area (TPSA) is 11.4 Å². The van der Waals surface area contributed by atoms with Crippen molar-refractivity contribution in [2.75, 3.05) is 9.80 Å². The van der Waals surface area contributed by atoms with Gasteiger partial charge in [-0.1, -0.05) is 117 Å². The summed E-state index contributed by atoms with van der Waals surface area (Å²) in [6.07, 6.45) is 0. The Kier molecular flexibility index (Phi) is 7.48. The van der Waals surface area contributed by atoms with Crippen LogP contribution in [-0.4, -0.2) is 4.57 Å². The smallest absolute Gasteiger partial charge is 0.0542 e. The zero-order valence-electron chi connectivity index (χ0n) is 30.4. The van der Waals surface area contributed by atoms with Gasteiger partial charge in [0.2, 0.25) is 0 Å². The van der Waals surface area contributed by atoms with Crippen LogP contribution in [0.25, 0.3) is 38.6 Å². The highest BCUT2D eigenvalue weighted by atomic mass is 15.1. The highest BCUT2D eigenvalue weighted by molar-refractivity contribution is 6.10. The fraction of sp³-hybridized carbons (Fsp3) is 0.0588. The van der Waals surface area contributed by atoms with Crippen molar-refractivity contribution in [3.63, 3.8) is 0 Å². The number of aromatic nitrogens is 1. The molecule has 0 N–H and O–H groups in total. The largest absolute Gasteiger partial charge is 0.310 e. The quantitative estimate of drug-likeness (QED) is 0.165. The molecule has 1 aliphatic carbocycles. The van der Waals surface area contributed by atoms with Gasteiger partial charge in [0.05, 0.1) is 11.0 Å². The van der Waals surface area contributed by atoms with E-state index in [1.54, 1.807) is 0 Å². The van der Waals surface area contributed by atoms with E-state index in [1.807, 2.05) is 0 Å². The Balaban J connectivity index is 1.08. The summed E-state index contributed by atoms with van der Waals surface area (Å²) in [6.45, 7) is 4.69. The van der Waals surface area contributed by atoms with Gasteiger partial charge >= 0.3 is 0 Å². The van der Waals surface area contributed by atoms with Crippen molar-refractivity contribution in [1.82, 2.24) is 4.57 Å². The Morgan fingerprint density at radius 2 is 0.815 bits per heavy atom. The maximum absolute atomic E-state index is 2.40. The average Bonchev–Trinajstić information content (AvgIpc) is 3.67. The van der Waals surface area contributed by atoms with Gasteiger partial charge in [-0.3, -0.25) is 0 Å². The first-order chi connectivity index (χ1) is 26.6. The highest BCUT2D eigenvalue weighted by Crippen LogP contribution is 2.50. The second-order valence-corrected chi connectivity index (χ2v) is 14.6. The third-order valence-corrected chi connectivity index (χ3v) is 11.1. The number of hydrogen-bond donors (Lipinski definition) is 0. The predicted octanol–water partition coefficient (Wildman–Crippen LogP) is 14.0.